The van der Waals surface area contributed by atoms with Crippen LogP contribution >= 0.6 is 11.3 Å². The molecule has 1 amide bonds. The summed E-state index contributed by atoms with van der Waals surface area (Å²) in [6.07, 6.45) is 7.13. The van der Waals surface area contributed by atoms with E-state index >= 15 is 0 Å². The average molecular weight is 331 g/mol. The number of piperidine rings is 1. The lowest BCUT2D eigenvalue weighted by molar-refractivity contribution is 0.0928. The van der Waals surface area contributed by atoms with Gasteiger partial charge in [-0.25, -0.2) is 9.97 Å². The van der Waals surface area contributed by atoms with Crippen molar-refractivity contribution in [2.24, 2.45) is 0 Å². The Balaban J connectivity index is 1.62. The average Bonchev–Trinajstić information content (AvgIpc) is 3.06. The normalized spacial score (nSPS) is 18.2. The van der Waals surface area contributed by atoms with E-state index in [2.05, 4.69) is 39.0 Å². The summed E-state index contributed by atoms with van der Waals surface area (Å²) in [6.45, 7) is 5.87. The van der Waals surface area contributed by atoms with Crippen LogP contribution in [0, 0.1) is 0 Å². The Kier molecular flexibility index (Phi) is 4.85. The minimum Gasteiger partial charge on any atom is -0.353 e. The van der Waals surface area contributed by atoms with Gasteiger partial charge in [0, 0.05) is 42.8 Å². The molecule has 2 aromatic rings. The minimum absolute atomic E-state index is 0.0841. The van der Waals surface area contributed by atoms with Gasteiger partial charge in [0.15, 0.2) is 0 Å². The van der Waals surface area contributed by atoms with Gasteiger partial charge in [-0.3, -0.25) is 9.78 Å². The zero-order chi connectivity index (χ0) is 16.2. The number of carbonyl (C=O) groups is 1. The molecule has 1 atom stereocenters. The summed E-state index contributed by atoms with van der Waals surface area (Å²) in [7, 11) is 0. The molecular weight excluding hydrogens is 310 g/mol. The van der Waals surface area contributed by atoms with Crippen molar-refractivity contribution in [2.45, 2.75) is 38.6 Å². The van der Waals surface area contributed by atoms with Crippen molar-refractivity contribution in [3.05, 3.63) is 34.7 Å². The van der Waals surface area contributed by atoms with Crippen molar-refractivity contribution in [1.82, 2.24) is 20.3 Å². The third-order valence-electron chi connectivity index (χ3n) is 3.88. The van der Waals surface area contributed by atoms with Gasteiger partial charge in [0.2, 0.25) is 0 Å². The number of thiazole rings is 1. The lowest BCUT2D eigenvalue weighted by atomic mass is 10.1. The minimum atomic E-state index is -0.0841. The van der Waals surface area contributed by atoms with Crippen molar-refractivity contribution >= 4 is 23.1 Å². The van der Waals surface area contributed by atoms with Gasteiger partial charge >= 0.3 is 0 Å². The number of anilines is 1. The highest BCUT2D eigenvalue weighted by molar-refractivity contribution is 7.09. The molecule has 1 fully saturated rings. The molecule has 1 aliphatic rings. The first-order valence-corrected chi connectivity index (χ1v) is 8.78. The van der Waals surface area contributed by atoms with Crippen molar-refractivity contribution in [2.75, 3.05) is 18.0 Å². The quantitative estimate of drug-likeness (QED) is 0.932. The Labute approximate surface area is 140 Å². The van der Waals surface area contributed by atoms with Gasteiger partial charge in [0.05, 0.1) is 11.2 Å². The van der Waals surface area contributed by atoms with Gasteiger partial charge in [0.25, 0.3) is 5.91 Å². The monoisotopic (exact) mass is 331 g/mol. The van der Waals surface area contributed by atoms with E-state index in [0.717, 1.165) is 36.8 Å². The second-order valence-electron chi connectivity index (χ2n) is 6.05. The number of hydrogen-bond donors (Lipinski definition) is 1. The maximum Gasteiger partial charge on any atom is 0.271 e. The van der Waals surface area contributed by atoms with Gasteiger partial charge < -0.3 is 10.2 Å². The number of aromatic nitrogens is 3. The lowest BCUT2D eigenvalue weighted by Gasteiger charge is -2.33. The molecule has 23 heavy (non-hydrogen) atoms. The van der Waals surface area contributed by atoms with Crippen LogP contribution in [-0.4, -0.2) is 40.0 Å². The van der Waals surface area contributed by atoms with E-state index in [1.165, 1.54) is 0 Å². The Bertz CT molecular complexity index is 658. The Morgan fingerprint density at radius 2 is 2.30 bits per heavy atom. The predicted molar refractivity (Wildman–Crippen MR) is 90.9 cm³/mol. The Morgan fingerprint density at radius 1 is 1.43 bits per heavy atom. The summed E-state index contributed by atoms with van der Waals surface area (Å²) in [5.74, 6) is 1.13. The van der Waals surface area contributed by atoms with Crippen LogP contribution in [0.3, 0.4) is 0 Å². The van der Waals surface area contributed by atoms with Gasteiger partial charge in [-0.1, -0.05) is 13.8 Å². The molecule has 1 saturated heterocycles. The standard InChI is InChI=1S/C16H21N5OS/c1-11(2)16-20-13(10-23-16)15(22)19-12-4-3-7-21(9-12)14-8-17-5-6-18-14/h5-6,8,10-12H,3-4,7,9H2,1-2H3,(H,19,22)/t12-/m0/s1. The van der Waals surface area contributed by atoms with Crippen molar-refractivity contribution in [3.8, 4) is 0 Å². The van der Waals surface area contributed by atoms with Crippen LogP contribution in [0.25, 0.3) is 0 Å². The zero-order valence-corrected chi connectivity index (χ0v) is 14.2. The number of amides is 1. The first kappa shape index (κ1) is 15.9. The molecule has 122 valence electrons. The molecule has 3 heterocycles. The fourth-order valence-corrected chi connectivity index (χ4v) is 3.49. The van der Waals surface area contributed by atoms with Gasteiger partial charge in [-0.2, -0.15) is 0 Å². The number of nitrogens with one attached hydrogen (secondary N) is 1. The second kappa shape index (κ2) is 7.04. The molecule has 6 nitrogen and oxygen atoms in total. The summed E-state index contributed by atoms with van der Waals surface area (Å²) in [4.78, 5) is 27.4. The van der Waals surface area contributed by atoms with Crippen LogP contribution in [0.2, 0.25) is 0 Å². The molecule has 1 N–H and O–H groups in total. The van der Waals surface area contributed by atoms with Gasteiger partial charge in [-0.15, -0.1) is 11.3 Å². The first-order chi connectivity index (χ1) is 11.1. The van der Waals surface area contributed by atoms with Gasteiger partial charge in [0.1, 0.15) is 11.5 Å². The molecule has 3 rings (SSSR count). The smallest absolute Gasteiger partial charge is 0.271 e. The summed E-state index contributed by atoms with van der Waals surface area (Å²) >= 11 is 1.54. The molecule has 0 aromatic carbocycles. The molecule has 0 aliphatic carbocycles. The van der Waals surface area contributed by atoms with Crippen molar-refractivity contribution in [1.29, 1.82) is 0 Å². The van der Waals surface area contributed by atoms with Crippen LogP contribution in [-0.2, 0) is 0 Å². The molecule has 7 heteroatoms. The number of hydrogen-bond acceptors (Lipinski definition) is 6. The highest BCUT2D eigenvalue weighted by Gasteiger charge is 2.23. The maximum atomic E-state index is 12.4. The van der Waals surface area contributed by atoms with E-state index < -0.39 is 0 Å². The summed E-state index contributed by atoms with van der Waals surface area (Å²) in [5.41, 5.74) is 0.523. The van der Waals surface area contributed by atoms with Crippen LogP contribution in [0.1, 0.15) is 48.1 Å². The molecule has 0 spiro atoms. The fourth-order valence-electron chi connectivity index (χ4n) is 2.67. The lowest BCUT2D eigenvalue weighted by Crippen LogP contribution is -2.48. The molecular formula is C16H21N5OS. The summed E-state index contributed by atoms with van der Waals surface area (Å²) in [6, 6.07) is 0.113. The maximum absolute atomic E-state index is 12.4. The predicted octanol–water partition coefficient (Wildman–Crippen LogP) is 2.46. The van der Waals surface area contributed by atoms with Crippen molar-refractivity contribution in [3.63, 3.8) is 0 Å². The topological polar surface area (TPSA) is 71.0 Å². The molecule has 0 unspecified atom stereocenters. The second-order valence-corrected chi connectivity index (χ2v) is 6.94. The zero-order valence-electron chi connectivity index (χ0n) is 13.4. The molecule has 0 radical (unpaired) electrons. The molecule has 0 bridgehead atoms. The Morgan fingerprint density at radius 3 is 3.00 bits per heavy atom. The van der Waals surface area contributed by atoms with Crippen LogP contribution < -0.4 is 10.2 Å². The number of carbonyl (C=O) groups excluding carboxylic acids is 1. The van der Waals surface area contributed by atoms with E-state index in [4.69, 9.17) is 0 Å². The molecule has 2 aromatic heterocycles. The van der Waals surface area contributed by atoms with E-state index in [9.17, 15) is 4.79 Å². The summed E-state index contributed by atoms with van der Waals surface area (Å²) < 4.78 is 0. The van der Waals surface area contributed by atoms with E-state index in [1.54, 1.807) is 29.9 Å². The van der Waals surface area contributed by atoms with Crippen LogP contribution in [0.15, 0.2) is 24.0 Å². The fraction of sp³-hybridized carbons (Fsp3) is 0.500. The molecule has 1 aliphatic heterocycles. The van der Waals surface area contributed by atoms with E-state index in [1.807, 2.05) is 5.38 Å². The Hall–Kier alpha value is -2.02. The third-order valence-corrected chi connectivity index (χ3v) is 5.02. The van der Waals surface area contributed by atoms with Crippen molar-refractivity contribution < 1.29 is 4.79 Å². The van der Waals surface area contributed by atoms with Gasteiger partial charge in [-0.05, 0) is 12.8 Å². The molecule has 0 saturated carbocycles. The third kappa shape index (κ3) is 3.85. The largest absolute Gasteiger partial charge is 0.353 e. The highest BCUT2D eigenvalue weighted by Crippen LogP contribution is 2.20. The number of rotatable bonds is 4. The first-order valence-electron chi connectivity index (χ1n) is 7.90. The van der Waals surface area contributed by atoms with Crippen LogP contribution in [0.4, 0.5) is 5.82 Å². The van der Waals surface area contributed by atoms with E-state index in [0.29, 0.717) is 11.6 Å². The highest BCUT2D eigenvalue weighted by atomic mass is 32.1. The van der Waals surface area contributed by atoms with Crippen LogP contribution in [0.5, 0.6) is 0 Å². The number of nitrogens with zero attached hydrogens (tertiary/aromatic N) is 4. The van der Waals surface area contributed by atoms with E-state index in [-0.39, 0.29) is 11.9 Å². The SMILES string of the molecule is CC(C)c1nc(C(=O)N[C@H]2CCCN(c3cnccn3)C2)cs1. The summed E-state index contributed by atoms with van der Waals surface area (Å²) in [5, 5.41) is 5.94.